The average molecular weight is 245 g/mol. The molecular formula is C17H27N. The van der Waals surface area contributed by atoms with Crippen molar-refractivity contribution in [3.63, 3.8) is 0 Å². The molecule has 0 spiro atoms. The minimum atomic E-state index is 0.294. The van der Waals surface area contributed by atoms with E-state index in [-0.39, 0.29) is 0 Å². The van der Waals surface area contributed by atoms with Crippen LogP contribution in [0.5, 0.6) is 0 Å². The van der Waals surface area contributed by atoms with E-state index in [1.807, 2.05) is 0 Å². The first-order chi connectivity index (χ1) is 8.70. The van der Waals surface area contributed by atoms with Crippen molar-refractivity contribution in [2.75, 3.05) is 6.54 Å². The molecule has 0 atom stereocenters. The van der Waals surface area contributed by atoms with Crippen LogP contribution in [0.2, 0.25) is 0 Å². The van der Waals surface area contributed by atoms with Gasteiger partial charge in [-0.1, -0.05) is 56.5 Å². The van der Waals surface area contributed by atoms with Crippen molar-refractivity contribution in [1.29, 1.82) is 0 Å². The first kappa shape index (κ1) is 13.6. The summed E-state index contributed by atoms with van der Waals surface area (Å²) in [6.45, 7) is 8.12. The zero-order chi connectivity index (χ0) is 13.0. The molecule has 0 heterocycles. The molecule has 0 amide bonds. The quantitative estimate of drug-likeness (QED) is 0.750. The topological polar surface area (TPSA) is 3.24 Å². The Morgan fingerprint density at radius 3 is 2.17 bits per heavy atom. The monoisotopic (exact) mass is 245 g/mol. The SMILES string of the molecule is CCN(C(C)C)C1(c2ccccc2)CCCCC1. The van der Waals surface area contributed by atoms with Crippen LogP contribution in [0.15, 0.2) is 30.3 Å². The molecule has 0 aliphatic heterocycles. The molecule has 1 saturated carbocycles. The second kappa shape index (κ2) is 5.88. The molecule has 2 rings (SSSR count). The summed E-state index contributed by atoms with van der Waals surface area (Å²) >= 11 is 0. The average Bonchev–Trinajstić information content (AvgIpc) is 2.41. The smallest absolute Gasteiger partial charge is 0.0463 e. The third-order valence-corrected chi connectivity index (χ3v) is 4.51. The van der Waals surface area contributed by atoms with Gasteiger partial charge in [-0.25, -0.2) is 0 Å². The largest absolute Gasteiger partial charge is 0.291 e. The van der Waals surface area contributed by atoms with Gasteiger partial charge in [0.1, 0.15) is 0 Å². The molecule has 1 aliphatic carbocycles. The second-order valence-corrected chi connectivity index (χ2v) is 5.84. The van der Waals surface area contributed by atoms with E-state index in [1.165, 1.54) is 37.7 Å². The van der Waals surface area contributed by atoms with Gasteiger partial charge in [0.25, 0.3) is 0 Å². The standard InChI is InChI=1S/C17H27N/c1-4-18(15(2)3)17(13-9-6-10-14-17)16-11-7-5-8-12-16/h5,7-8,11-12,15H,4,6,9-10,13-14H2,1-3H3. The Bertz CT molecular complexity index is 349. The van der Waals surface area contributed by atoms with Crippen LogP contribution >= 0.6 is 0 Å². The fraction of sp³-hybridized carbons (Fsp3) is 0.647. The van der Waals surface area contributed by atoms with Gasteiger partial charge in [0.15, 0.2) is 0 Å². The van der Waals surface area contributed by atoms with Crippen LogP contribution in [0.25, 0.3) is 0 Å². The molecule has 1 aromatic carbocycles. The molecular weight excluding hydrogens is 218 g/mol. The van der Waals surface area contributed by atoms with Gasteiger partial charge < -0.3 is 0 Å². The molecule has 1 aromatic rings. The summed E-state index contributed by atoms with van der Waals surface area (Å²) in [5.41, 5.74) is 1.82. The van der Waals surface area contributed by atoms with Crippen molar-refractivity contribution in [3.05, 3.63) is 35.9 Å². The van der Waals surface area contributed by atoms with E-state index in [0.717, 1.165) is 6.54 Å². The van der Waals surface area contributed by atoms with Crippen molar-refractivity contribution in [1.82, 2.24) is 4.90 Å². The lowest BCUT2D eigenvalue weighted by atomic mass is 9.74. The van der Waals surface area contributed by atoms with Gasteiger partial charge in [-0.2, -0.15) is 0 Å². The van der Waals surface area contributed by atoms with Gasteiger partial charge in [0.05, 0.1) is 0 Å². The lowest BCUT2D eigenvalue weighted by Gasteiger charge is -2.49. The minimum absolute atomic E-state index is 0.294. The second-order valence-electron chi connectivity index (χ2n) is 5.84. The van der Waals surface area contributed by atoms with Gasteiger partial charge >= 0.3 is 0 Å². The highest BCUT2D eigenvalue weighted by atomic mass is 15.2. The Balaban J connectivity index is 2.39. The maximum atomic E-state index is 2.71. The Morgan fingerprint density at radius 1 is 1.06 bits per heavy atom. The summed E-state index contributed by atoms with van der Waals surface area (Å²) in [6.07, 6.45) is 6.80. The van der Waals surface area contributed by atoms with Gasteiger partial charge in [-0.3, -0.25) is 4.90 Å². The molecule has 1 heteroatoms. The van der Waals surface area contributed by atoms with Crippen molar-refractivity contribution < 1.29 is 0 Å². The maximum absolute atomic E-state index is 2.71. The molecule has 0 unspecified atom stereocenters. The summed E-state index contributed by atoms with van der Waals surface area (Å²) in [5.74, 6) is 0. The third-order valence-electron chi connectivity index (χ3n) is 4.51. The van der Waals surface area contributed by atoms with Crippen LogP contribution in [0.1, 0.15) is 58.4 Å². The zero-order valence-electron chi connectivity index (χ0n) is 12.2. The Kier molecular flexibility index (Phi) is 4.45. The first-order valence-electron chi connectivity index (χ1n) is 7.53. The first-order valence-corrected chi connectivity index (χ1v) is 7.53. The zero-order valence-corrected chi connectivity index (χ0v) is 12.2. The predicted molar refractivity (Wildman–Crippen MR) is 78.7 cm³/mol. The minimum Gasteiger partial charge on any atom is -0.291 e. The lowest BCUT2D eigenvalue weighted by molar-refractivity contribution is 0.0247. The van der Waals surface area contributed by atoms with Gasteiger partial charge in [-0.15, -0.1) is 0 Å². The van der Waals surface area contributed by atoms with Crippen molar-refractivity contribution in [3.8, 4) is 0 Å². The highest BCUT2D eigenvalue weighted by Crippen LogP contribution is 2.43. The van der Waals surface area contributed by atoms with Gasteiger partial charge in [0, 0.05) is 11.6 Å². The summed E-state index contributed by atoms with van der Waals surface area (Å²) in [4.78, 5) is 2.71. The molecule has 1 aliphatic rings. The van der Waals surface area contributed by atoms with Crippen LogP contribution in [0.3, 0.4) is 0 Å². The van der Waals surface area contributed by atoms with E-state index >= 15 is 0 Å². The normalized spacial score (nSPS) is 19.4. The molecule has 18 heavy (non-hydrogen) atoms. The molecule has 0 radical (unpaired) electrons. The highest BCUT2D eigenvalue weighted by Gasteiger charge is 2.39. The Morgan fingerprint density at radius 2 is 1.67 bits per heavy atom. The van der Waals surface area contributed by atoms with Crippen LogP contribution in [0.4, 0.5) is 0 Å². The lowest BCUT2D eigenvalue weighted by Crippen LogP contribution is -2.50. The molecule has 1 nitrogen and oxygen atoms in total. The fourth-order valence-corrected chi connectivity index (χ4v) is 3.79. The Labute approximate surface area is 112 Å². The molecule has 0 saturated heterocycles. The van der Waals surface area contributed by atoms with E-state index < -0.39 is 0 Å². The van der Waals surface area contributed by atoms with Crippen LogP contribution in [-0.4, -0.2) is 17.5 Å². The highest BCUT2D eigenvalue weighted by molar-refractivity contribution is 5.25. The maximum Gasteiger partial charge on any atom is 0.0463 e. The summed E-state index contributed by atoms with van der Waals surface area (Å²) in [7, 11) is 0. The van der Waals surface area contributed by atoms with Crippen molar-refractivity contribution in [2.24, 2.45) is 0 Å². The number of benzene rings is 1. The summed E-state index contributed by atoms with van der Waals surface area (Å²) in [5, 5.41) is 0. The molecule has 0 bridgehead atoms. The van der Waals surface area contributed by atoms with Crippen LogP contribution in [-0.2, 0) is 5.54 Å². The summed E-state index contributed by atoms with van der Waals surface area (Å²) in [6, 6.07) is 11.8. The van der Waals surface area contributed by atoms with Crippen LogP contribution in [0, 0.1) is 0 Å². The van der Waals surface area contributed by atoms with E-state index in [1.54, 1.807) is 0 Å². The molecule has 0 N–H and O–H groups in total. The Hall–Kier alpha value is -0.820. The predicted octanol–water partition coefficient (Wildman–Crippen LogP) is 4.58. The van der Waals surface area contributed by atoms with Crippen molar-refractivity contribution >= 4 is 0 Å². The summed E-state index contributed by atoms with van der Waals surface area (Å²) < 4.78 is 0. The number of hydrogen-bond donors (Lipinski definition) is 0. The third kappa shape index (κ3) is 2.47. The molecule has 100 valence electrons. The molecule has 1 fully saturated rings. The number of rotatable bonds is 4. The van der Waals surface area contributed by atoms with E-state index in [4.69, 9.17) is 0 Å². The molecule has 0 aromatic heterocycles. The van der Waals surface area contributed by atoms with E-state index in [0.29, 0.717) is 11.6 Å². The number of nitrogens with zero attached hydrogens (tertiary/aromatic N) is 1. The number of hydrogen-bond acceptors (Lipinski definition) is 1. The van der Waals surface area contributed by atoms with Gasteiger partial charge in [0.2, 0.25) is 0 Å². The van der Waals surface area contributed by atoms with Crippen LogP contribution < -0.4 is 0 Å². The van der Waals surface area contributed by atoms with Gasteiger partial charge in [-0.05, 0) is 38.8 Å². The van der Waals surface area contributed by atoms with E-state index in [2.05, 4.69) is 56.0 Å². The van der Waals surface area contributed by atoms with Crippen molar-refractivity contribution in [2.45, 2.75) is 64.5 Å². The van der Waals surface area contributed by atoms with E-state index in [9.17, 15) is 0 Å². The fourth-order valence-electron chi connectivity index (χ4n) is 3.79.